The van der Waals surface area contributed by atoms with Crippen LogP contribution < -0.4 is 4.52 Å². The van der Waals surface area contributed by atoms with Gasteiger partial charge in [0.25, 0.3) is 9.03 Å². The van der Waals surface area contributed by atoms with Gasteiger partial charge in [0.1, 0.15) is 11.5 Å². The van der Waals surface area contributed by atoms with Gasteiger partial charge in [0.2, 0.25) is 0 Å². The van der Waals surface area contributed by atoms with Crippen LogP contribution in [0.15, 0.2) is 54.3 Å². The fourth-order valence-electron chi connectivity index (χ4n) is 1.27. The van der Waals surface area contributed by atoms with Gasteiger partial charge < -0.3 is 9.05 Å². The van der Waals surface area contributed by atoms with Crippen LogP contribution in [0.25, 0.3) is 0 Å². The predicted molar refractivity (Wildman–Crippen MR) is 62.9 cm³/mol. The molecule has 1 aliphatic rings. The molecule has 1 aromatic rings. The van der Waals surface area contributed by atoms with Crippen LogP contribution in [0, 0.1) is 0 Å². The van der Waals surface area contributed by atoms with Gasteiger partial charge in [-0.2, -0.15) is 0 Å². The van der Waals surface area contributed by atoms with E-state index < -0.39 is 0 Å². The van der Waals surface area contributed by atoms with Gasteiger partial charge in [-0.15, -0.1) is 0 Å². The van der Waals surface area contributed by atoms with Gasteiger partial charge in [-0.05, 0) is 37.1 Å². The van der Waals surface area contributed by atoms with Crippen LogP contribution in [0.1, 0.15) is 12.8 Å². The third-order valence-electron chi connectivity index (χ3n) is 2.02. The summed E-state index contributed by atoms with van der Waals surface area (Å²) in [6, 6.07) is 9.69. The van der Waals surface area contributed by atoms with Crippen LogP contribution in [-0.2, 0) is 4.52 Å². The van der Waals surface area contributed by atoms with Crippen molar-refractivity contribution < 1.29 is 9.05 Å². The smallest absolute Gasteiger partial charge is 0.275 e. The zero-order valence-electron chi connectivity index (χ0n) is 8.35. The van der Waals surface area contributed by atoms with E-state index in [2.05, 4.69) is 12.2 Å². The quantitative estimate of drug-likeness (QED) is 0.718. The topological polar surface area (TPSA) is 18.5 Å². The highest BCUT2D eigenvalue weighted by molar-refractivity contribution is 7.26. The molecule has 0 saturated carbocycles. The maximum absolute atomic E-state index is 5.47. The van der Waals surface area contributed by atoms with Crippen molar-refractivity contribution in [2.24, 2.45) is 0 Å². The second-order valence-electron chi connectivity index (χ2n) is 3.19. The Morgan fingerprint density at radius 1 is 1.00 bits per heavy atom. The Morgan fingerprint density at radius 2 is 1.87 bits per heavy atom. The molecular formula is C12H13O2P. The molecule has 0 N–H and O–H groups in total. The van der Waals surface area contributed by atoms with Gasteiger partial charge in [-0.1, -0.05) is 24.3 Å². The number of para-hydroxylation sites is 1. The molecule has 0 bridgehead atoms. The molecular weight excluding hydrogens is 207 g/mol. The Bertz CT molecular complexity index is 357. The molecule has 1 atom stereocenters. The second-order valence-corrected chi connectivity index (χ2v) is 3.76. The summed E-state index contributed by atoms with van der Waals surface area (Å²) in [6.07, 6.45) is 8.35. The molecule has 1 aliphatic carbocycles. The summed E-state index contributed by atoms with van der Waals surface area (Å²) in [6.45, 7) is 0. The van der Waals surface area contributed by atoms with E-state index in [-0.39, 0.29) is 9.03 Å². The molecule has 15 heavy (non-hydrogen) atoms. The summed E-state index contributed by atoms with van der Waals surface area (Å²) in [5.41, 5.74) is 0. The molecule has 0 fully saturated rings. The lowest BCUT2D eigenvalue weighted by molar-refractivity contribution is 0.437. The highest BCUT2D eigenvalue weighted by Gasteiger charge is 1.98. The Kier molecular flexibility index (Phi) is 3.81. The lowest BCUT2D eigenvalue weighted by atomic mass is 10.2. The average Bonchev–Trinajstić information content (AvgIpc) is 2.32. The van der Waals surface area contributed by atoms with Gasteiger partial charge in [0.05, 0.1) is 0 Å². The minimum atomic E-state index is 0.0210. The number of allylic oxidation sites excluding steroid dienone is 3. The van der Waals surface area contributed by atoms with Gasteiger partial charge >= 0.3 is 0 Å². The fraction of sp³-hybridized carbons (Fsp3) is 0.167. The van der Waals surface area contributed by atoms with Crippen LogP contribution in [0.2, 0.25) is 0 Å². The van der Waals surface area contributed by atoms with E-state index in [1.807, 2.05) is 36.4 Å². The molecule has 0 aliphatic heterocycles. The molecule has 0 heterocycles. The first kappa shape index (κ1) is 10.3. The van der Waals surface area contributed by atoms with E-state index >= 15 is 0 Å². The minimum Gasteiger partial charge on any atom is -0.441 e. The third kappa shape index (κ3) is 3.41. The molecule has 2 rings (SSSR count). The van der Waals surface area contributed by atoms with Crippen LogP contribution >= 0.6 is 9.03 Å². The van der Waals surface area contributed by atoms with E-state index in [1.165, 1.54) is 0 Å². The molecule has 2 nitrogen and oxygen atoms in total. The number of hydrogen-bond donors (Lipinski definition) is 0. The standard InChI is InChI=1S/C12H13O2P/c1-3-7-11(8-4-1)13-15-14-12-9-5-2-6-10-12/h1,3-5,7-10,15H,2,6H2. The zero-order chi connectivity index (χ0) is 10.3. The Hall–Kier alpha value is -1.27. The summed E-state index contributed by atoms with van der Waals surface area (Å²) < 4.78 is 10.9. The number of benzene rings is 1. The summed E-state index contributed by atoms with van der Waals surface area (Å²) in [5, 5.41) is 0. The van der Waals surface area contributed by atoms with Crippen LogP contribution in [-0.4, -0.2) is 0 Å². The maximum Gasteiger partial charge on any atom is 0.275 e. The molecule has 0 aromatic heterocycles. The fourth-order valence-corrected chi connectivity index (χ4v) is 1.79. The number of hydrogen-bond acceptors (Lipinski definition) is 2. The van der Waals surface area contributed by atoms with Crippen LogP contribution in [0.4, 0.5) is 0 Å². The largest absolute Gasteiger partial charge is 0.441 e. The Labute approximate surface area is 91.6 Å². The Balaban J connectivity index is 1.75. The Morgan fingerprint density at radius 3 is 2.60 bits per heavy atom. The van der Waals surface area contributed by atoms with Crippen molar-refractivity contribution in [3.63, 3.8) is 0 Å². The molecule has 0 spiro atoms. The lowest BCUT2D eigenvalue weighted by Crippen LogP contribution is -1.86. The summed E-state index contributed by atoms with van der Waals surface area (Å²) >= 11 is 0. The SMILES string of the molecule is C1=CC(OPOc2ccccc2)=CCC1. The third-order valence-corrected chi connectivity index (χ3v) is 2.66. The minimum absolute atomic E-state index is 0.0210. The van der Waals surface area contributed by atoms with Crippen molar-refractivity contribution in [1.29, 1.82) is 0 Å². The molecule has 0 radical (unpaired) electrons. The van der Waals surface area contributed by atoms with Gasteiger partial charge in [0, 0.05) is 0 Å². The first-order valence-electron chi connectivity index (χ1n) is 4.95. The van der Waals surface area contributed by atoms with Gasteiger partial charge in [0.15, 0.2) is 0 Å². The van der Waals surface area contributed by atoms with Crippen molar-refractivity contribution in [2.45, 2.75) is 12.8 Å². The van der Waals surface area contributed by atoms with E-state index in [0.29, 0.717) is 0 Å². The van der Waals surface area contributed by atoms with E-state index in [4.69, 9.17) is 9.05 Å². The van der Waals surface area contributed by atoms with E-state index in [0.717, 1.165) is 24.4 Å². The van der Waals surface area contributed by atoms with Crippen LogP contribution in [0.5, 0.6) is 5.75 Å². The van der Waals surface area contributed by atoms with Crippen molar-refractivity contribution in [3.8, 4) is 5.75 Å². The van der Waals surface area contributed by atoms with E-state index in [1.54, 1.807) is 0 Å². The summed E-state index contributed by atoms with van der Waals surface area (Å²) in [4.78, 5) is 0. The first-order chi connectivity index (χ1) is 7.45. The van der Waals surface area contributed by atoms with E-state index in [9.17, 15) is 0 Å². The summed E-state index contributed by atoms with van der Waals surface area (Å²) in [5.74, 6) is 1.76. The van der Waals surface area contributed by atoms with Crippen molar-refractivity contribution in [3.05, 3.63) is 54.3 Å². The molecule has 1 unspecified atom stereocenters. The number of rotatable bonds is 4. The molecule has 78 valence electrons. The highest BCUT2D eigenvalue weighted by Crippen LogP contribution is 2.25. The van der Waals surface area contributed by atoms with Crippen molar-refractivity contribution in [2.75, 3.05) is 0 Å². The second kappa shape index (κ2) is 5.57. The van der Waals surface area contributed by atoms with Crippen LogP contribution in [0.3, 0.4) is 0 Å². The molecule has 1 aromatic carbocycles. The predicted octanol–water partition coefficient (Wildman–Crippen LogP) is 3.82. The zero-order valence-corrected chi connectivity index (χ0v) is 9.35. The molecule has 0 saturated heterocycles. The summed E-state index contributed by atoms with van der Waals surface area (Å²) in [7, 11) is 0.0210. The maximum atomic E-state index is 5.47. The molecule has 3 heteroatoms. The van der Waals surface area contributed by atoms with Gasteiger partial charge in [-0.25, -0.2) is 0 Å². The van der Waals surface area contributed by atoms with Gasteiger partial charge in [-0.3, -0.25) is 0 Å². The molecule has 0 amide bonds. The monoisotopic (exact) mass is 220 g/mol. The van der Waals surface area contributed by atoms with Crippen molar-refractivity contribution in [1.82, 2.24) is 0 Å². The van der Waals surface area contributed by atoms with Crippen molar-refractivity contribution >= 4 is 9.03 Å². The lowest BCUT2D eigenvalue weighted by Gasteiger charge is -2.09. The average molecular weight is 220 g/mol. The highest BCUT2D eigenvalue weighted by atomic mass is 31.1. The normalized spacial score (nSPS) is 15.3. The first-order valence-corrected chi connectivity index (χ1v) is 5.77.